The fraction of sp³-hybridized carbons (Fsp3) is 0.250. The molecule has 2 aromatic rings. The molecule has 0 heterocycles. The van der Waals surface area contributed by atoms with Gasteiger partial charge in [0.1, 0.15) is 0 Å². The molecule has 0 nitrogen and oxygen atoms in total. The van der Waals surface area contributed by atoms with Crippen molar-refractivity contribution in [2.24, 2.45) is 0 Å². The fourth-order valence-corrected chi connectivity index (χ4v) is 1.84. The Morgan fingerprint density at radius 2 is 0.842 bits per heavy atom. The van der Waals surface area contributed by atoms with Gasteiger partial charge in [0.2, 0.25) is 0 Å². The van der Waals surface area contributed by atoms with Crippen molar-refractivity contribution < 1.29 is 34.0 Å². The Morgan fingerprint density at radius 3 is 1.11 bits per heavy atom. The Balaban J connectivity index is 0. The van der Waals surface area contributed by atoms with Crippen LogP contribution < -0.4 is 34.0 Å². The first-order valence-electron chi connectivity index (χ1n) is 5.73. The van der Waals surface area contributed by atoms with Crippen LogP contribution in [-0.2, 0) is 0 Å². The fourth-order valence-electron chi connectivity index (χ4n) is 1.84. The molecule has 2 aromatic carbocycles. The molecule has 3 heteroatoms. The molecule has 0 unspecified atom stereocenters. The molecule has 0 bridgehead atoms. The molecule has 0 saturated heterocycles. The average Bonchev–Trinajstić information content (AvgIpc) is 2.26. The summed E-state index contributed by atoms with van der Waals surface area (Å²) in [4.78, 5) is 0. The molecule has 0 atom stereocenters. The third kappa shape index (κ3) is 5.22. The van der Waals surface area contributed by atoms with Crippen LogP contribution >= 0.6 is 0 Å². The summed E-state index contributed by atoms with van der Waals surface area (Å²) in [6, 6.07) is 13.3. The van der Waals surface area contributed by atoms with Gasteiger partial charge in [-0.25, -0.2) is 0 Å². The number of hydrogen-bond acceptors (Lipinski definition) is 0. The van der Waals surface area contributed by atoms with Gasteiger partial charge in [0.25, 0.3) is 0 Å². The predicted molar refractivity (Wildman–Crippen MR) is 76.6 cm³/mol. The van der Waals surface area contributed by atoms with Crippen LogP contribution in [0.3, 0.4) is 0 Å². The van der Waals surface area contributed by atoms with Crippen LogP contribution in [0.4, 0.5) is 0 Å². The van der Waals surface area contributed by atoms with E-state index in [4.69, 9.17) is 0 Å². The van der Waals surface area contributed by atoms with Crippen LogP contribution in [-0.4, -0.2) is 23.1 Å². The van der Waals surface area contributed by atoms with Gasteiger partial charge < -0.3 is 34.0 Å². The molecule has 2 rings (SSSR count). The zero-order valence-corrected chi connectivity index (χ0v) is 16.5. The third-order valence-electron chi connectivity index (χ3n) is 3.35. The van der Waals surface area contributed by atoms with Crippen LogP contribution in [0, 0.1) is 27.7 Å². The standard InChI is InChI=1S/C16H18.2BrH.Mg/c1-11-5-7-15(9-13(11)3)16-8-6-12(2)14(4)10-16;;;/h5-10H,1-4H3;2*1H;/q;;;+2/p-2. The number of aryl methyl sites for hydroxylation is 4. The minimum atomic E-state index is 0. The molecule has 0 aliphatic heterocycles. The normalized spacial score (nSPS) is 8.84. The van der Waals surface area contributed by atoms with Gasteiger partial charge in [-0.15, -0.1) is 0 Å². The molecule has 0 aliphatic rings. The van der Waals surface area contributed by atoms with Crippen LogP contribution in [0.15, 0.2) is 36.4 Å². The van der Waals surface area contributed by atoms with E-state index in [-0.39, 0.29) is 57.0 Å². The van der Waals surface area contributed by atoms with Gasteiger partial charge in [-0.2, -0.15) is 0 Å². The Hall–Kier alpha value is 0.166. The van der Waals surface area contributed by atoms with Crippen LogP contribution in [0.25, 0.3) is 11.1 Å². The summed E-state index contributed by atoms with van der Waals surface area (Å²) in [5.74, 6) is 0. The van der Waals surface area contributed by atoms with E-state index in [1.165, 1.54) is 33.4 Å². The van der Waals surface area contributed by atoms with E-state index >= 15 is 0 Å². The first-order chi connectivity index (χ1) is 7.58. The second kappa shape index (κ2) is 9.17. The second-order valence-corrected chi connectivity index (χ2v) is 4.60. The maximum Gasteiger partial charge on any atom is 2.00 e. The molecule has 0 spiro atoms. The van der Waals surface area contributed by atoms with Gasteiger partial charge in [0, 0.05) is 0 Å². The Kier molecular flexibility index (Phi) is 10.4. The summed E-state index contributed by atoms with van der Waals surface area (Å²) in [7, 11) is 0. The molecular formula is C16H18Br2Mg. The molecule has 0 N–H and O–H groups in total. The largest absolute Gasteiger partial charge is 2.00 e. The van der Waals surface area contributed by atoms with Gasteiger partial charge in [0.05, 0.1) is 0 Å². The van der Waals surface area contributed by atoms with Crippen LogP contribution in [0.1, 0.15) is 22.3 Å². The Labute approximate surface area is 153 Å². The monoisotopic (exact) mass is 392 g/mol. The van der Waals surface area contributed by atoms with Crippen molar-refractivity contribution in [2.45, 2.75) is 27.7 Å². The van der Waals surface area contributed by atoms with Crippen molar-refractivity contribution in [3.05, 3.63) is 58.7 Å². The molecule has 19 heavy (non-hydrogen) atoms. The van der Waals surface area contributed by atoms with Gasteiger partial charge in [-0.3, -0.25) is 0 Å². The predicted octanol–water partition coefficient (Wildman–Crippen LogP) is -1.79. The zero-order chi connectivity index (χ0) is 11.7. The van der Waals surface area contributed by atoms with Crippen LogP contribution in [0.5, 0.6) is 0 Å². The zero-order valence-electron chi connectivity index (χ0n) is 11.9. The van der Waals surface area contributed by atoms with Crippen molar-refractivity contribution in [1.82, 2.24) is 0 Å². The summed E-state index contributed by atoms with van der Waals surface area (Å²) in [5, 5.41) is 0. The van der Waals surface area contributed by atoms with E-state index in [1.807, 2.05) is 0 Å². The molecule has 0 fully saturated rings. The van der Waals surface area contributed by atoms with Crippen molar-refractivity contribution in [1.29, 1.82) is 0 Å². The SMILES string of the molecule is Cc1ccc(-c2ccc(C)c(C)c2)cc1C.[Br-].[Br-].[Mg+2]. The molecular weight excluding hydrogens is 376 g/mol. The topological polar surface area (TPSA) is 0 Å². The molecule has 0 amide bonds. The van der Waals surface area contributed by atoms with Crippen molar-refractivity contribution in [3.63, 3.8) is 0 Å². The first-order valence-corrected chi connectivity index (χ1v) is 5.73. The van der Waals surface area contributed by atoms with Gasteiger partial charge in [0.15, 0.2) is 0 Å². The van der Waals surface area contributed by atoms with E-state index in [1.54, 1.807) is 0 Å². The Morgan fingerprint density at radius 1 is 0.526 bits per heavy atom. The number of hydrogen-bond donors (Lipinski definition) is 0. The summed E-state index contributed by atoms with van der Waals surface area (Å²) < 4.78 is 0. The van der Waals surface area contributed by atoms with Gasteiger partial charge in [-0.1, -0.05) is 36.4 Å². The molecule has 0 saturated carbocycles. The van der Waals surface area contributed by atoms with Crippen molar-refractivity contribution in [2.75, 3.05) is 0 Å². The maximum absolute atomic E-state index is 2.26. The van der Waals surface area contributed by atoms with E-state index in [0.717, 1.165) is 0 Å². The summed E-state index contributed by atoms with van der Waals surface area (Å²) in [5.41, 5.74) is 8.05. The van der Waals surface area contributed by atoms with E-state index in [0.29, 0.717) is 0 Å². The quantitative estimate of drug-likeness (QED) is 0.502. The smallest absolute Gasteiger partial charge is 1.00 e. The minimum absolute atomic E-state index is 0. The van der Waals surface area contributed by atoms with E-state index in [9.17, 15) is 0 Å². The summed E-state index contributed by atoms with van der Waals surface area (Å²) in [6.45, 7) is 8.64. The second-order valence-electron chi connectivity index (χ2n) is 4.60. The number of rotatable bonds is 1. The first kappa shape index (κ1) is 21.5. The van der Waals surface area contributed by atoms with Gasteiger partial charge >= 0.3 is 23.1 Å². The molecule has 0 aromatic heterocycles. The van der Waals surface area contributed by atoms with Crippen LogP contribution in [0.2, 0.25) is 0 Å². The van der Waals surface area contributed by atoms with Gasteiger partial charge in [-0.05, 0) is 61.1 Å². The molecule has 0 radical (unpaired) electrons. The van der Waals surface area contributed by atoms with Crippen molar-refractivity contribution >= 4 is 23.1 Å². The summed E-state index contributed by atoms with van der Waals surface area (Å²) >= 11 is 0. The molecule has 98 valence electrons. The number of benzene rings is 2. The maximum atomic E-state index is 2.26. The minimum Gasteiger partial charge on any atom is -1.00 e. The summed E-state index contributed by atoms with van der Waals surface area (Å²) in [6.07, 6.45) is 0. The third-order valence-corrected chi connectivity index (χ3v) is 3.35. The van der Waals surface area contributed by atoms with E-state index < -0.39 is 0 Å². The molecule has 0 aliphatic carbocycles. The Bertz CT molecular complexity index is 487. The number of halogens is 2. The van der Waals surface area contributed by atoms with E-state index in [2.05, 4.69) is 64.1 Å². The average molecular weight is 394 g/mol. The van der Waals surface area contributed by atoms with Crippen molar-refractivity contribution in [3.8, 4) is 11.1 Å².